The predicted octanol–water partition coefficient (Wildman–Crippen LogP) is 3.03. The van der Waals surface area contributed by atoms with Gasteiger partial charge in [-0.15, -0.1) is 0 Å². The van der Waals surface area contributed by atoms with Gasteiger partial charge in [-0.2, -0.15) is 0 Å². The molecule has 0 saturated heterocycles. The second kappa shape index (κ2) is 6.55. The van der Waals surface area contributed by atoms with Crippen molar-refractivity contribution in [2.24, 2.45) is 16.6 Å². The van der Waals surface area contributed by atoms with Gasteiger partial charge in [-0.05, 0) is 37.1 Å². The number of nitrogens with zero attached hydrogens (tertiary/aromatic N) is 1. The molecule has 108 valence electrons. The molecule has 0 aliphatic rings. The van der Waals surface area contributed by atoms with Gasteiger partial charge in [0.15, 0.2) is 0 Å². The first kappa shape index (κ1) is 17.4. The Bertz CT molecular complexity index is 266. The summed E-state index contributed by atoms with van der Waals surface area (Å²) in [6, 6.07) is 0.252. The van der Waals surface area contributed by atoms with Crippen molar-refractivity contribution in [3.05, 3.63) is 0 Å². The fraction of sp³-hybridized carbons (Fsp3) is 0.933. The van der Waals surface area contributed by atoms with E-state index in [-0.39, 0.29) is 22.8 Å². The maximum absolute atomic E-state index is 12.2. The summed E-state index contributed by atoms with van der Waals surface area (Å²) in [7, 11) is 1.91. The van der Waals surface area contributed by atoms with Crippen molar-refractivity contribution in [3.8, 4) is 0 Å². The lowest BCUT2D eigenvalue weighted by Crippen LogP contribution is -2.43. The predicted molar refractivity (Wildman–Crippen MR) is 78.4 cm³/mol. The van der Waals surface area contributed by atoms with Crippen LogP contribution in [0.25, 0.3) is 0 Å². The highest BCUT2D eigenvalue weighted by molar-refractivity contribution is 5.76. The monoisotopic (exact) mass is 256 g/mol. The smallest absolute Gasteiger partial charge is 0.222 e. The van der Waals surface area contributed by atoms with E-state index in [2.05, 4.69) is 41.5 Å². The van der Waals surface area contributed by atoms with Crippen LogP contribution in [-0.2, 0) is 4.79 Å². The molecule has 0 aromatic carbocycles. The van der Waals surface area contributed by atoms with Crippen LogP contribution in [0.5, 0.6) is 0 Å². The normalized spacial score (nSPS) is 14.4. The number of hydrogen-bond donors (Lipinski definition) is 1. The molecule has 3 nitrogen and oxygen atoms in total. The number of carbonyl (C=O) groups is 1. The van der Waals surface area contributed by atoms with Gasteiger partial charge in [0.1, 0.15) is 0 Å². The van der Waals surface area contributed by atoms with Gasteiger partial charge in [0, 0.05) is 19.5 Å². The average molecular weight is 256 g/mol. The molecule has 0 spiro atoms. The Morgan fingerprint density at radius 3 is 2.06 bits per heavy atom. The molecule has 1 atom stereocenters. The molecule has 0 saturated carbocycles. The summed E-state index contributed by atoms with van der Waals surface area (Å²) in [5.74, 6) is 0.238. The van der Waals surface area contributed by atoms with Crippen LogP contribution in [0.1, 0.15) is 60.8 Å². The minimum absolute atomic E-state index is 0.122. The Morgan fingerprint density at radius 2 is 1.67 bits per heavy atom. The third-order valence-electron chi connectivity index (χ3n) is 4.06. The second-order valence-corrected chi connectivity index (χ2v) is 7.25. The summed E-state index contributed by atoms with van der Waals surface area (Å²) in [4.78, 5) is 14.1. The van der Waals surface area contributed by atoms with Gasteiger partial charge in [-0.25, -0.2) is 0 Å². The van der Waals surface area contributed by atoms with E-state index in [9.17, 15) is 4.79 Å². The molecule has 0 aliphatic heterocycles. The van der Waals surface area contributed by atoms with Crippen LogP contribution in [0.15, 0.2) is 0 Å². The summed E-state index contributed by atoms with van der Waals surface area (Å²) >= 11 is 0. The highest BCUT2D eigenvalue weighted by atomic mass is 16.2. The van der Waals surface area contributed by atoms with E-state index in [0.29, 0.717) is 13.0 Å². The van der Waals surface area contributed by atoms with E-state index in [4.69, 9.17) is 5.73 Å². The van der Waals surface area contributed by atoms with Crippen molar-refractivity contribution in [2.75, 3.05) is 13.6 Å². The van der Waals surface area contributed by atoms with Gasteiger partial charge < -0.3 is 10.6 Å². The van der Waals surface area contributed by atoms with E-state index in [1.165, 1.54) is 0 Å². The van der Waals surface area contributed by atoms with Gasteiger partial charge in [-0.3, -0.25) is 4.79 Å². The van der Waals surface area contributed by atoms with Gasteiger partial charge in [0.05, 0.1) is 0 Å². The van der Waals surface area contributed by atoms with Crippen molar-refractivity contribution < 1.29 is 4.79 Å². The Labute approximate surface area is 113 Å². The summed E-state index contributed by atoms with van der Waals surface area (Å²) < 4.78 is 0. The lowest BCUT2D eigenvalue weighted by molar-refractivity contribution is -0.134. The second-order valence-electron chi connectivity index (χ2n) is 7.25. The molecular formula is C15H32N2O. The first-order valence-electron chi connectivity index (χ1n) is 6.97. The molecule has 0 fully saturated rings. The molecule has 3 heteroatoms. The topological polar surface area (TPSA) is 46.3 Å². The standard InChI is InChI=1S/C15H32N2O/c1-12(14(2,3)4)17(7)13(18)8-9-15(5,6)10-11-16/h12H,8-11,16H2,1-7H3. The van der Waals surface area contributed by atoms with Gasteiger partial charge >= 0.3 is 0 Å². The summed E-state index contributed by atoms with van der Waals surface area (Å²) in [5, 5.41) is 0. The first-order valence-corrected chi connectivity index (χ1v) is 6.97. The zero-order valence-electron chi connectivity index (χ0n) is 13.3. The Kier molecular flexibility index (Phi) is 6.35. The molecule has 1 unspecified atom stereocenters. The lowest BCUT2D eigenvalue weighted by atomic mass is 9.83. The van der Waals surface area contributed by atoms with E-state index in [0.717, 1.165) is 12.8 Å². The van der Waals surface area contributed by atoms with Crippen LogP contribution >= 0.6 is 0 Å². The number of carbonyl (C=O) groups excluding carboxylic acids is 1. The molecule has 0 aromatic rings. The summed E-state index contributed by atoms with van der Waals surface area (Å²) in [5.41, 5.74) is 5.88. The number of amides is 1. The van der Waals surface area contributed by atoms with Crippen LogP contribution < -0.4 is 5.73 Å². The largest absolute Gasteiger partial charge is 0.343 e. The van der Waals surface area contributed by atoms with E-state index in [1.54, 1.807) is 0 Å². The third kappa shape index (κ3) is 5.85. The van der Waals surface area contributed by atoms with Crippen LogP contribution in [0.2, 0.25) is 0 Å². The van der Waals surface area contributed by atoms with Crippen molar-refractivity contribution in [1.29, 1.82) is 0 Å². The number of rotatable bonds is 6. The van der Waals surface area contributed by atoms with Gasteiger partial charge in [0.2, 0.25) is 5.91 Å². The fourth-order valence-electron chi connectivity index (χ4n) is 1.93. The average Bonchev–Trinajstić information content (AvgIpc) is 2.22. The van der Waals surface area contributed by atoms with Crippen LogP contribution in [-0.4, -0.2) is 30.4 Å². The third-order valence-corrected chi connectivity index (χ3v) is 4.06. The van der Waals surface area contributed by atoms with Crippen LogP contribution in [0.3, 0.4) is 0 Å². The van der Waals surface area contributed by atoms with Crippen molar-refractivity contribution in [2.45, 2.75) is 66.8 Å². The molecular weight excluding hydrogens is 224 g/mol. The Morgan fingerprint density at radius 1 is 1.17 bits per heavy atom. The van der Waals surface area contributed by atoms with Gasteiger partial charge in [-0.1, -0.05) is 34.6 Å². The molecule has 18 heavy (non-hydrogen) atoms. The van der Waals surface area contributed by atoms with Crippen molar-refractivity contribution >= 4 is 5.91 Å². The lowest BCUT2D eigenvalue weighted by Gasteiger charge is -2.36. The SMILES string of the molecule is CC(N(C)C(=O)CCC(C)(C)CCN)C(C)(C)C. The molecule has 0 rings (SSSR count). The minimum atomic E-state index is 0.122. The van der Waals surface area contributed by atoms with E-state index in [1.807, 2.05) is 11.9 Å². The molecule has 0 bridgehead atoms. The molecule has 0 heterocycles. The Hall–Kier alpha value is -0.570. The zero-order chi connectivity index (χ0) is 14.6. The van der Waals surface area contributed by atoms with Crippen LogP contribution in [0.4, 0.5) is 0 Å². The maximum Gasteiger partial charge on any atom is 0.222 e. The highest BCUT2D eigenvalue weighted by Crippen LogP contribution is 2.28. The van der Waals surface area contributed by atoms with Crippen molar-refractivity contribution in [3.63, 3.8) is 0 Å². The number of nitrogens with two attached hydrogens (primary N) is 1. The Balaban J connectivity index is 4.34. The fourth-order valence-corrected chi connectivity index (χ4v) is 1.93. The molecule has 2 N–H and O–H groups in total. The van der Waals surface area contributed by atoms with Gasteiger partial charge in [0.25, 0.3) is 0 Å². The minimum Gasteiger partial charge on any atom is -0.343 e. The number of hydrogen-bond acceptors (Lipinski definition) is 2. The molecule has 0 aromatic heterocycles. The maximum atomic E-state index is 12.2. The molecule has 0 aliphatic carbocycles. The first-order chi connectivity index (χ1) is 8.01. The van der Waals surface area contributed by atoms with E-state index >= 15 is 0 Å². The summed E-state index contributed by atoms with van der Waals surface area (Å²) in [6.45, 7) is 13.7. The molecule has 1 amide bonds. The van der Waals surface area contributed by atoms with E-state index < -0.39 is 0 Å². The van der Waals surface area contributed by atoms with Crippen LogP contribution in [0, 0.1) is 10.8 Å². The summed E-state index contributed by atoms with van der Waals surface area (Å²) in [6.07, 6.45) is 2.49. The highest BCUT2D eigenvalue weighted by Gasteiger charge is 2.27. The molecule has 0 radical (unpaired) electrons. The quantitative estimate of drug-likeness (QED) is 0.794. The van der Waals surface area contributed by atoms with Crippen molar-refractivity contribution in [1.82, 2.24) is 4.90 Å². The zero-order valence-corrected chi connectivity index (χ0v) is 13.3.